The number of allylic oxidation sites excluding steroid dienone is 3. The van der Waals surface area contributed by atoms with E-state index in [0.717, 1.165) is 46.3 Å². The average Bonchev–Trinajstić information content (AvgIpc) is 2.87. The van der Waals surface area contributed by atoms with Gasteiger partial charge in [0.05, 0.1) is 31.0 Å². The third kappa shape index (κ3) is 4.61. The molecule has 0 bridgehead atoms. The van der Waals surface area contributed by atoms with Gasteiger partial charge in [0.1, 0.15) is 5.75 Å². The number of rotatable bonds is 6. The summed E-state index contributed by atoms with van der Waals surface area (Å²) in [5, 5.41) is 6.87. The average molecular weight is 459 g/mol. The first kappa shape index (κ1) is 23.0. The minimum atomic E-state index is -0.445. The second-order valence-corrected chi connectivity index (χ2v) is 7.88. The van der Waals surface area contributed by atoms with Gasteiger partial charge in [0, 0.05) is 23.7 Å². The Kier molecular flexibility index (Phi) is 6.58. The van der Waals surface area contributed by atoms with Crippen LogP contribution in [0.15, 0.2) is 54.2 Å². The SMILES string of the molecule is CNc1nc(C2=CC(NC(=O)c3ccc(C(=O)OC)cc3)=CCC2)c2cc(OC)c(C)cc2n1. The van der Waals surface area contributed by atoms with Crippen LogP contribution >= 0.6 is 0 Å². The van der Waals surface area contributed by atoms with E-state index >= 15 is 0 Å². The van der Waals surface area contributed by atoms with Gasteiger partial charge < -0.3 is 20.1 Å². The highest BCUT2D eigenvalue weighted by atomic mass is 16.5. The van der Waals surface area contributed by atoms with E-state index in [1.54, 1.807) is 38.4 Å². The summed E-state index contributed by atoms with van der Waals surface area (Å²) in [7, 11) is 4.75. The maximum atomic E-state index is 12.8. The lowest BCUT2D eigenvalue weighted by Crippen LogP contribution is -2.23. The minimum Gasteiger partial charge on any atom is -0.496 e. The number of hydrogen-bond donors (Lipinski definition) is 2. The van der Waals surface area contributed by atoms with Gasteiger partial charge >= 0.3 is 5.97 Å². The molecule has 1 aliphatic rings. The number of carbonyl (C=O) groups excluding carboxylic acids is 2. The predicted molar refractivity (Wildman–Crippen MR) is 131 cm³/mol. The van der Waals surface area contributed by atoms with E-state index in [1.807, 2.05) is 31.2 Å². The van der Waals surface area contributed by atoms with Crippen molar-refractivity contribution in [1.29, 1.82) is 0 Å². The molecular formula is C26H26N4O4. The molecule has 2 N–H and O–H groups in total. The minimum absolute atomic E-state index is 0.263. The Bertz CT molecular complexity index is 1330. The molecule has 0 spiro atoms. The van der Waals surface area contributed by atoms with Crippen LogP contribution in [0.25, 0.3) is 16.5 Å². The molecule has 1 amide bonds. The maximum absolute atomic E-state index is 12.8. The zero-order valence-corrected chi connectivity index (χ0v) is 19.6. The summed E-state index contributed by atoms with van der Waals surface area (Å²) >= 11 is 0. The van der Waals surface area contributed by atoms with Crippen LogP contribution in [0, 0.1) is 6.92 Å². The van der Waals surface area contributed by atoms with Gasteiger partial charge in [-0.15, -0.1) is 0 Å². The Morgan fingerprint density at radius 2 is 1.76 bits per heavy atom. The van der Waals surface area contributed by atoms with Crippen molar-refractivity contribution in [3.8, 4) is 5.75 Å². The normalized spacial score (nSPS) is 13.1. The van der Waals surface area contributed by atoms with Crippen LogP contribution in [0.4, 0.5) is 5.95 Å². The van der Waals surface area contributed by atoms with Crippen molar-refractivity contribution in [3.63, 3.8) is 0 Å². The van der Waals surface area contributed by atoms with Crippen LogP contribution in [0.2, 0.25) is 0 Å². The number of ether oxygens (including phenoxy) is 2. The topological polar surface area (TPSA) is 102 Å². The van der Waals surface area contributed by atoms with Crippen molar-refractivity contribution in [2.24, 2.45) is 0 Å². The van der Waals surface area contributed by atoms with E-state index in [4.69, 9.17) is 14.5 Å². The molecule has 8 nitrogen and oxygen atoms in total. The third-order valence-corrected chi connectivity index (χ3v) is 5.67. The van der Waals surface area contributed by atoms with E-state index in [2.05, 4.69) is 15.6 Å². The number of carbonyl (C=O) groups is 2. The molecule has 0 fully saturated rings. The first-order valence-electron chi connectivity index (χ1n) is 10.9. The van der Waals surface area contributed by atoms with E-state index in [1.165, 1.54) is 7.11 Å². The first-order chi connectivity index (χ1) is 16.4. The van der Waals surface area contributed by atoms with Gasteiger partial charge in [-0.3, -0.25) is 4.79 Å². The number of nitrogens with zero attached hydrogens (tertiary/aromatic N) is 2. The molecule has 0 saturated carbocycles. The zero-order chi connectivity index (χ0) is 24.2. The van der Waals surface area contributed by atoms with Crippen molar-refractivity contribution < 1.29 is 19.1 Å². The van der Waals surface area contributed by atoms with E-state index in [9.17, 15) is 9.59 Å². The van der Waals surface area contributed by atoms with Crippen molar-refractivity contribution >= 4 is 34.3 Å². The summed E-state index contributed by atoms with van der Waals surface area (Å²) < 4.78 is 10.2. The van der Waals surface area contributed by atoms with Crippen LogP contribution in [0.1, 0.15) is 44.8 Å². The lowest BCUT2D eigenvalue weighted by atomic mass is 9.96. The van der Waals surface area contributed by atoms with Crippen molar-refractivity contribution in [2.45, 2.75) is 19.8 Å². The van der Waals surface area contributed by atoms with Gasteiger partial charge in [-0.1, -0.05) is 6.08 Å². The van der Waals surface area contributed by atoms with Crippen LogP contribution < -0.4 is 15.4 Å². The highest BCUT2D eigenvalue weighted by Gasteiger charge is 2.18. The molecule has 0 aliphatic heterocycles. The van der Waals surface area contributed by atoms with Gasteiger partial charge in [-0.05, 0) is 73.4 Å². The van der Waals surface area contributed by atoms with Crippen LogP contribution in [-0.4, -0.2) is 43.1 Å². The van der Waals surface area contributed by atoms with Crippen molar-refractivity contribution in [1.82, 2.24) is 15.3 Å². The van der Waals surface area contributed by atoms with E-state index in [-0.39, 0.29) is 5.91 Å². The molecule has 1 heterocycles. The summed E-state index contributed by atoms with van der Waals surface area (Å²) in [5.74, 6) is 0.588. The zero-order valence-electron chi connectivity index (χ0n) is 19.6. The highest BCUT2D eigenvalue weighted by molar-refractivity contribution is 5.98. The van der Waals surface area contributed by atoms with Crippen LogP contribution in [-0.2, 0) is 4.74 Å². The largest absolute Gasteiger partial charge is 0.496 e. The Balaban J connectivity index is 1.64. The van der Waals surface area contributed by atoms with Crippen molar-refractivity contribution in [3.05, 3.63) is 76.6 Å². The number of aromatic nitrogens is 2. The molecule has 0 atom stereocenters. The van der Waals surface area contributed by atoms with Crippen LogP contribution in [0.5, 0.6) is 5.75 Å². The molecule has 1 aliphatic carbocycles. The predicted octanol–water partition coefficient (Wildman–Crippen LogP) is 4.27. The number of aryl methyl sites for hydroxylation is 1. The summed E-state index contributed by atoms with van der Waals surface area (Å²) in [5.41, 5.74) is 5.13. The fraction of sp³-hybridized carbons (Fsp3) is 0.231. The van der Waals surface area contributed by atoms with Gasteiger partial charge in [0.15, 0.2) is 0 Å². The standard InChI is InChI=1S/C26H26N4O4/c1-15-12-21-20(14-22(15)33-3)23(30-26(27-2)29-21)18-6-5-7-19(13-18)28-24(31)16-8-10-17(11-9-16)25(32)34-4/h7-14H,5-6H2,1-4H3,(H,28,31)(H,27,29,30). The maximum Gasteiger partial charge on any atom is 0.337 e. The lowest BCUT2D eigenvalue weighted by Gasteiger charge is -2.17. The van der Waals surface area contributed by atoms with Gasteiger partial charge in [-0.25, -0.2) is 14.8 Å². The number of fused-ring (bicyclic) bond motifs is 1. The number of hydrogen-bond acceptors (Lipinski definition) is 7. The second kappa shape index (κ2) is 9.74. The molecule has 0 unspecified atom stereocenters. The molecule has 3 aromatic rings. The molecular weight excluding hydrogens is 432 g/mol. The molecule has 8 heteroatoms. The molecule has 4 rings (SSSR count). The van der Waals surface area contributed by atoms with Crippen LogP contribution in [0.3, 0.4) is 0 Å². The summed E-state index contributed by atoms with van der Waals surface area (Å²) in [6.07, 6.45) is 5.46. The Morgan fingerprint density at radius 3 is 2.44 bits per heavy atom. The number of amides is 1. The molecule has 0 saturated heterocycles. The monoisotopic (exact) mass is 458 g/mol. The van der Waals surface area contributed by atoms with Gasteiger partial charge in [0.25, 0.3) is 5.91 Å². The van der Waals surface area contributed by atoms with Crippen molar-refractivity contribution in [2.75, 3.05) is 26.6 Å². The third-order valence-electron chi connectivity index (χ3n) is 5.67. The number of methoxy groups -OCH3 is 2. The molecule has 0 radical (unpaired) electrons. The number of benzene rings is 2. The van der Waals surface area contributed by atoms with Gasteiger partial charge in [-0.2, -0.15) is 0 Å². The smallest absolute Gasteiger partial charge is 0.337 e. The molecule has 1 aromatic heterocycles. The fourth-order valence-electron chi connectivity index (χ4n) is 3.89. The molecule has 2 aromatic carbocycles. The lowest BCUT2D eigenvalue weighted by molar-refractivity contribution is 0.0600. The second-order valence-electron chi connectivity index (χ2n) is 7.88. The Labute approximate surface area is 197 Å². The molecule has 34 heavy (non-hydrogen) atoms. The number of esters is 1. The van der Waals surface area contributed by atoms with Gasteiger partial charge in [0.2, 0.25) is 5.95 Å². The fourth-order valence-corrected chi connectivity index (χ4v) is 3.89. The Hall–Kier alpha value is -4.20. The highest BCUT2D eigenvalue weighted by Crippen LogP contribution is 2.33. The first-order valence-corrected chi connectivity index (χ1v) is 10.9. The summed E-state index contributed by atoms with van der Waals surface area (Å²) in [4.78, 5) is 33.7. The Morgan fingerprint density at radius 1 is 1.03 bits per heavy atom. The number of nitrogens with one attached hydrogen (secondary N) is 2. The summed E-state index contributed by atoms with van der Waals surface area (Å²) in [6, 6.07) is 10.3. The summed E-state index contributed by atoms with van der Waals surface area (Å²) in [6.45, 7) is 1.98. The quantitative estimate of drug-likeness (QED) is 0.532. The number of anilines is 1. The molecule has 174 valence electrons. The van der Waals surface area contributed by atoms with E-state index < -0.39 is 5.97 Å². The van der Waals surface area contributed by atoms with E-state index in [0.29, 0.717) is 22.8 Å².